The fourth-order valence-electron chi connectivity index (χ4n) is 4.00. The van der Waals surface area contributed by atoms with Crippen LogP contribution in [0.25, 0.3) is 21.1 Å². The van der Waals surface area contributed by atoms with Crippen molar-refractivity contribution in [1.29, 1.82) is 0 Å². The van der Waals surface area contributed by atoms with Crippen molar-refractivity contribution in [3.05, 3.63) is 99.8 Å². The lowest BCUT2D eigenvalue weighted by Crippen LogP contribution is -2.34. The van der Waals surface area contributed by atoms with Crippen LogP contribution < -0.4 is 10.3 Å². The van der Waals surface area contributed by atoms with Gasteiger partial charge in [-0.05, 0) is 48.7 Å². The molecule has 1 amide bonds. The molecule has 0 spiro atoms. The summed E-state index contributed by atoms with van der Waals surface area (Å²) in [6.07, 6.45) is 1.26. The van der Waals surface area contributed by atoms with Gasteiger partial charge in [-0.15, -0.1) is 0 Å². The minimum Gasteiger partial charge on any atom is -0.287 e. The van der Waals surface area contributed by atoms with Gasteiger partial charge in [0.2, 0.25) is 5.43 Å². The number of para-hydroxylation sites is 1. The molecule has 2 heterocycles. The molecule has 33 heavy (non-hydrogen) atoms. The Kier molecular flexibility index (Phi) is 5.48. The maximum absolute atomic E-state index is 13.6. The maximum atomic E-state index is 13.6. The predicted molar refractivity (Wildman–Crippen MR) is 133 cm³/mol. The second kappa shape index (κ2) is 8.60. The van der Waals surface area contributed by atoms with Crippen LogP contribution in [0.1, 0.15) is 16.7 Å². The molecule has 2 aromatic heterocycles. The van der Waals surface area contributed by atoms with Crippen LogP contribution in [0.4, 0.5) is 5.13 Å². The lowest BCUT2D eigenvalue weighted by Gasteiger charge is -2.21. The van der Waals surface area contributed by atoms with E-state index in [9.17, 15) is 9.59 Å². The third-order valence-electron chi connectivity index (χ3n) is 5.58. The highest BCUT2D eigenvalue weighted by Crippen LogP contribution is 2.32. The molecule has 0 aliphatic rings. The summed E-state index contributed by atoms with van der Waals surface area (Å²) >= 11 is 1.51. The molecule has 5 aromatic rings. The van der Waals surface area contributed by atoms with E-state index in [2.05, 4.69) is 24.2 Å². The molecular formula is C26H22N4O2S. The number of fused-ring (bicyclic) bond motifs is 2. The average Bonchev–Trinajstić information content (AvgIpc) is 3.24. The highest BCUT2D eigenvalue weighted by atomic mass is 32.1. The number of thiazole rings is 1. The van der Waals surface area contributed by atoms with Crippen LogP contribution in [0.15, 0.2) is 77.7 Å². The summed E-state index contributed by atoms with van der Waals surface area (Å²) in [4.78, 5) is 32.4. The van der Waals surface area contributed by atoms with E-state index in [-0.39, 0.29) is 17.9 Å². The first kappa shape index (κ1) is 21.0. The molecule has 164 valence electrons. The van der Waals surface area contributed by atoms with Gasteiger partial charge < -0.3 is 0 Å². The van der Waals surface area contributed by atoms with Crippen molar-refractivity contribution in [2.45, 2.75) is 26.9 Å². The normalized spacial score (nSPS) is 11.2. The number of amides is 1. The second-order valence-corrected chi connectivity index (χ2v) is 9.08. The van der Waals surface area contributed by atoms with Crippen LogP contribution in [0.3, 0.4) is 0 Å². The standard InChI is InChI=1S/C26H22N4O2S/c1-17-12-18(2)25-23(13-17)33-26(28-25)29(15-19-8-4-3-5-9-19)24(32)16-30-21-11-7-6-10-20(21)22(31)14-27-30/h3-14H,15-16H2,1-2H3. The van der Waals surface area contributed by atoms with Crippen molar-refractivity contribution >= 4 is 43.5 Å². The number of anilines is 1. The number of carbonyl (C=O) groups is 1. The zero-order valence-electron chi connectivity index (χ0n) is 18.4. The monoisotopic (exact) mass is 454 g/mol. The molecule has 5 rings (SSSR count). The number of benzene rings is 3. The van der Waals surface area contributed by atoms with Crippen molar-refractivity contribution < 1.29 is 4.79 Å². The van der Waals surface area contributed by atoms with Gasteiger partial charge in [-0.1, -0.05) is 59.9 Å². The van der Waals surface area contributed by atoms with Crippen LogP contribution in [0.5, 0.6) is 0 Å². The molecule has 7 heteroatoms. The molecule has 0 unspecified atom stereocenters. The first-order valence-corrected chi connectivity index (χ1v) is 11.5. The van der Waals surface area contributed by atoms with Crippen LogP contribution in [0, 0.1) is 13.8 Å². The number of hydrogen-bond donors (Lipinski definition) is 0. The van der Waals surface area contributed by atoms with E-state index in [0.717, 1.165) is 21.3 Å². The highest BCUT2D eigenvalue weighted by molar-refractivity contribution is 7.22. The van der Waals surface area contributed by atoms with Gasteiger partial charge in [0, 0.05) is 5.39 Å². The molecule has 0 atom stereocenters. The Labute approximate surface area is 194 Å². The molecule has 0 bridgehead atoms. The number of aryl methyl sites for hydroxylation is 2. The summed E-state index contributed by atoms with van der Waals surface area (Å²) in [6.45, 7) is 4.50. The number of aromatic nitrogens is 3. The summed E-state index contributed by atoms with van der Waals surface area (Å²) in [5, 5.41) is 5.43. The van der Waals surface area contributed by atoms with Gasteiger partial charge in [0.25, 0.3) is 5.91 Å². The molecule has 0 aliphatic heterocycles. The molecule has 0 saturated carbocycles. The second-order valence-electron chi connectivity index (χ2n) is 8.07. The van der Waals surface area contributed by atoms with E-state index >= 15 is 0 Å². The summed E-state index contributed by atoms with van der Waals surface area (Å²) < 4.78 is 2.64. The lowest BCUT2D eigenvalue weighted by molar-refractivity contribution is -0.119. The number of rotatable bonds is 5. The molecular weight excluding hydrogens is 432 g/mol. The van der Waals surface area contributed by atoms with Crippen molar-refractivity contribution in [2.24, 2.45) is 0 Å². The Balaban J connectivity index is 1.56. The van der Waals surface area contributed by atoms with E-state index in [1.807, 2.05) is 55.5 Å². The Morgan fingerprint density at radius 3 is 2.61 bits per heavy atom. The number of carbonyl (C=O) groups excluding carboxylic acids is 1. The first-order valence-electron chi connectivity index (χ1n) is 10.7. The van der Waals surface area contributed by atoms with Crippen LogP contribution in [-0.2, 0) is 17.9 Å². The van der Waals surface area contributed by atoms with Gasteiger partial charge >= 0.3 is 0 Å². The van der Waals surface area contributed by atoms with Crippen molar-refractivity contribution in [3.63, 3.8) is 0 Å². The average molecular weight is 455 g/mol. The largest absolute Gasteiger partial charge is 0.287 e. The summed E-state index contributed by atoms with van der Waals surface area (Å²) in [6, 6.07) is 21.3. The van der Waals surface area contributed by atoms with E-state index < -0.39 is 0 Å². The first-order chi connectivity index (χ1) is 16.0. The number of nitrogens with zero attached hydrogens (tertiary/aromatic N) is 4. The van der Waals surface area contributed by atoms with E-state index in [1.54, 1.807) is 15.6 Å². The third kappa shape index (κ3) is 4.15. The molecule has 0 N–H and O–H groups in total. The zero-order valence-corrected chi connectivity index (χ0v) is 19.2. The number of hydrogen-bond acceptors (Lipinski definition) is 5. The molecule has 6 nitrogen and oxygen atoms in total. The fraction of sp³-hybridized carbons (Fsp3) is 0.154. The SMILES string of the molecule is Cc1cc(C)c2nc(N(Cc3ccccc3)C(=O)Cn3ncc(=O)c4ccccc43)sc2c1. The van der Waals surface area contributed by atoms with E-state index in [1.165, 1.54) is 23.1 Å². The topological polar surface area (TPSA) is 68.1 Å². The highest BCUT2D eigenvalue weighted by Gasteiger charge is 2.22. The molecule has 0 saturated heterocycles. The predicted octanol–water partition coefficient (Wildman–Crippen LogP) is 4.86. The Bertz CT molecular complexity index is 1540. The van der Waals surface area contributed by atoms with E-state index in [4.69, 9.17) is 4.98 Å². The van der Waals surface area contributed by atoms with Crippen molar-refractivity contribution in [3.8, 4) is 0 Å². The van der Waals surface area contributed by atoms with Gasteiger partial charge in [-0.2, -0.15) is 5.10 Å². The Hall–Kier alpha value is -3.84. The van der Waals surface area contributed by atoms with E-state index in [0.29, 0.717) is 22.6 Å². The zero-order chi connectivity index (χ0) is 22.9. The van der Waals surface area contributed by atoms with Crippen LogP contribution in [0.2, 0.25) is 0 Å². The van der Waals surface area contributed by atoms with Crippen LogP contribution in [-0.4, -0.2) is 20.7 Å². The van der Waals surface area contributed by atoms with Gasteiger partial charge in [-0.25, -0.2) is 4.98 Å². The molecule has 0 aliphatic carbocycles. The van der Waals surface area contributed by atoms with Crippen LogP contribution >= 0.6 is 11.3 Å². The van der Waals surface area contributed by atoms with Gasteiger partial charge in [0.15, 0.2) is 5.13 Å². The molecule has 0 fully saturated rings. The maximum Gasteiger partial charge on any atom is 0.250 e. The molecule has 3 aromatic carbocycles. The summed E-state index contributed by atoms with van der Waals surface area (Å²) in [5.74, 6) is -0.145. The molecule has 0 radical (unpaired) electrons. The van der Waals surface area contributed by atoms with Gasteiger partial charge in [0.1, 0.15) is 6.54 Å². The van der Waals surface area contributed by atoms with Gasteiger partial charge in [-0.3, -0.25) is 19.2 Å². The van der Waals surface area contributed by atoms with Crippen molar-refractivity contribution in [1.82, 2.24) is 14.8 Å². The minimum atomic E-state index is -0.160. The lowest BCUT2D eigenvalue weighted by atomic mass is 10.1. The summed E-state index contributed by atoms with van der Waals surface area (Å²) in [5.41, 5.74) is 4.66. The Morgan fingerprint density at radius 1 is 1.03 bits per heavy atom. The summed E-state index contributed by atoms with van der Waals surface area (Å²) in [7, 11) is 0. The fourth-order valence-corrected chi connectivity index (χ4v) is 5.16. The minimum absolute atomic E-state index is 0.00155. The smallest absolute Gasteiger partial charge is 0.250 e. The quantitative estimate of drug-likeness (QED) is 0.380. The third-order valence-corrected chi connectivity index (χ3v) is 6.61. The van der Waals surface area contributed by atoms with Gasteiger partial charge in [0.05, 0.1) is 28.5 Å². The van der Waals surface area contributed by atoms with Crippen molar-refractivity contribution in [2.75, 3.05) is 4.90 Å². The Morgan fingerprint density at radius 2 is 1.79 bits per heavy atom.